The van der Waals surface area contributed by atoms with Crippen LogP contribution < -0.4 is 4.90 Å². The zero-order valence-corrected chi connectivity index (χ0v) is 16.4. The molecule has 1 aromatic carbocycles. The molecule has 3 heteroatoms. The molecule has 0 bridgehead atoms. The molecule has 22 heavy (non-hydrogen) atoms. The van der Waals surface area contributed by atoms with E-state index in [2.05, 4.69) is 82.2 Å². The second kappa shape index (κ2) is 6.84. The molecule has 0 N–H and O–H groups in total. The fourth-order valence-electron chi connectivity index (χ4n) is 2.61. The molecule has 0 aliphatic heterocycles. The number of benzene rings is 1. The molecule has 0 aliphatic rings. The summed E-state index contributed by atoms with van der Waals surface area (Å²) in [6.45, 7) is 17.3. The Labute approximate surface area is 137 Å². The van der Waals surface area contributed by atoms with Crippen LogP contribution in [0.2, 0.25) is 19.6 Å². The van der Waals surface area contributed by atoms with Crippen molar-refractivity contribution in [3.8, 4) is 0 Å². The molecule has 1 unspecified atom stereocenters. The van der Waals surface area contributed by atoms with Crippen molar-refractivity contribution < 1.29 is 4.43 Å². The molecular weight excluding hydrogens is 286 g/mol. The molecular formula is C19H31NOSi. The average molecular weight is 318 g/mol. The first-order valence-corrected chi connectivity index (χ1v) is 11.2. The topological polar surface area (TPSA) is 12.5 Å². The third kappa shape index (κ3) is 5.15. The van der Waals surface area contributed by atoms with Gasteiger partial charge in [-0.3, -0.25) is 0 Å². The van der Waals surface area contributed by atoms with Crippen molar-refractivity contribution in [1.82, 2.24) is 0 Å². The summed E-state index contributed by atoms with van der Waals surface area (Å²) < 4.78 is 6.48. The van der Waals surface area contributed by atoms with Crippen molar-refractivity contribution in [2.75, 3.05) is 19.0 Å². The lowest BCUT2D eigenvalue weighted by Crippen LogP contribution is -2.40. The molecule has 0 fully saturated rings. The third-order valence-electron chi connectivity index (χ3n) is 3.41. The van der Waals surface area contributed by atoms with Gasteiger partial charge in [0, 0.05) is 19.8 Å². The van der Waals surface area contributed by atoms with Crippen LogP contribution in [0.25, 0.3) is 5.57 Å². The molecule has 122 valence electrons. The van der Waals surface area contributed by atoms with Crippen LogP contribution >= 0.6 is 0 Å². The quantitative estimate of drug-likeness (QED) is 0.518. The molecule has 1 atom stereocenters. The van der Waals surface area contributed by atoms with Gasteiger partial charge < -0.3 is 9.33 Å². The van der Waals surface area contributed by atoms with Crippen LogP contribution in [0.5, 0.6) is 0 Å². The van der Waals surface area contributed by atoms with E-state index >= 15 is 0 Å². The summed E-state index contributed by atoms with van der Waals surface area (Å²) in [5.74, 6) is 0. The number of hydrogen-bond acceptors (Lipinski definition) is 2. The molecule has 0 aliphatic carbocycles. The van der Waals surface area contributed by atoms with Gasteiger partial charge in [0.05, 0.1) is 5.60 Å². The van der Waals surface area contributed by atoms with Crippen molar-refractivity contribution in [3.63, 3.8) is 0 Å². The van der Waals surface area contributed by atoms with Gasteiger partial charge in [-0.2, -0.15) is 0 Å². The summed E-state index contributed by atoms with van der Waals surface area (Å²) >= 11 is 0. The van der Waals surface area contributed by atoms with E-state index in [0.717, 1.165) is 11.1 Å². The Balaban J connectivity index is 3.19. The van der Waals surface area contributed by atoms with E-state index in [0.29, 0.717) is 0 Å². The largest absolute Gasteiger partial charge is 0.405 e. The fraction of sp³-hybridized carbons (Fsp3) is 0.474. The molecule has 1 aromatic rings. The molecule has 0 radical (unpaired) electrons. The summed E-state index contributed by atoms with van der Waals surface area (Å²) in [6.07, 6.45) is 2.19. The van der Waals surface area contributed by atoms with Crippen molar-refractivity contribution in [3.05, 3.63) is 48.1 Å². The predicted molar refractivity (Wildman–Crippen MR) is 102 cm³/mol. The van der Waals surface area contributed by atoms with Gasteiger partial charge >= 0.3 is 0 Å². The molecule has 0 heterocycles. The molecule has 1 rings (SSSR count). The lowest BCUT2D eigenvalue weighted by atomic mass is 9.89. The Kier molecular flexibility index (Phi) is 5.82. The second-order valence-electron chi connectivity index (χ2n) is 7.46. The van der Waals surface area contributed by atoms with Gasteiger partial charge in [-0.25, -0.2) is 0 Å². The van der Waals surface area contributed by atoms with Crippen LogP contribution in [-0.4, -0.2) is 28.0 Å². The van der Waals surface area contributed by atoms with E-state index in [1.54, 1.807) is 0 Å². The third-order valence-corrected chi connectivity index (χ3v) is 4.45. The fourth-order valence-corrected chi connectivity index (χ4v) is 4.07. The van der Waals surface area contributed by atoms with Gasteiger partial charge in [-0.05, 0) is 63.7 Å². The summed E-state index contributed by atoms with van der Waals surface area (Å²) in [6, 6.07) is 8.50. The van der Waals surface area contributed by atoms with E-state index < -0.39 is 13.9 Å². The Bertz CT molecular complexity index is 548. The lowest BCUT2D eigenvalue weighted by Gasteiger charge is -2.36. The zero-order valence-electron chi connectivity index (χ0n) is 15.4. The number of allylic oxidation sites excluding steroid dienone is 1. The van der Waals surface area contributed by atoms with Crippen molar-refractivity contribution in [2.45, 2.75) is 46.0 Å². The number of anilines is 1. The Morgan fingerprint density at radius 2 is 1.64 bits per heavy atom. The van der Waals surface area contributed by atoms with E-state index in [9.17, 15) is 0 Å². The van der Waals surface area contributed by atoms with E-state index in [4.69, 9.17) is 4.43 Å². The molecule has 0 aromatic heterocycles. The lowest BCUT2D eigenvalue weighted by molar-refractivity contribution is 0.194. The van der Waals surface area contributed by atoms with Gasteiger partial charge in [0.15, 0.2) is 8.32 Å². The standard InChI is InChI=1S/C19H31NOSi/c1-15(2)14-19(4,21-22(7,8)9)16(3)17-10-12-18(13-11-17)20(5)6/h10-14H,3H2,1-2,4-9H3. The van der Waals surface area contributed by atoms with Gasteiger partial charge in [0.2, 0.25) is 0 Å². The van der Waals surface area contributed by atoms with Crippen LogP contribution in [-0.2, 0) is 4.43 Å². The maximum absolute atomic E-state index is 6.48. The van der Waals surface area contributed by atoms with E-state index in [1.165, 1.54) is 11.3 Å². The summed E-state index contributed by atoms with van der Waals surface area (Å²) in [7, 11) is 2.40. The van der Waals surface area contributed by atoms with Crippen molar-refractivity contribution in [1.29, 1.82) is 0 Å². The summed E-state index contributed by atoms with van der Waals surface area (Å²) in [4.78, 5) is 2.10. The first kappa shape index (κ1) is 18.7. The molecule has 2 nitrogen and oxygen atoms in total. The molecule has 0 saturated heterocycles. The van der Waals surface area contributed by atoms with Crippen LogP contribution in [0.1, 0.15) is 26.3 Å². The maximum Gasteiger partial charge on any atom is 0.185 e. The minimum Gasteiger partial charge on any atom is -0.405 e. The van der Waals surface area contributed by atoms with Gasteiger partial charge in [0.1, 0.15) is 0 Å². The smallest absolute Gasteiger partial charge is 0.185 e. The SMILES string of the molecule is C=C(c1ccc(N(C)C)cc1)C(C)(C=C(C)C)O[Si](C)(C)C. The zero-order chi connectivity index (χ0) is 17.1. The van der Waals surface area contributed by atoms with Gasteiger partial charge in [-0.1, -0.05) is 30.4 Å². The Morgan fingerprint density at radius 1 is 1.14 bits per heavy atom. The second-order valence-corrected chi connectivity index (χ2v) is 11.9. The highest BCUT2D eigenvalue weighted by molar-refractivity contribution is 6.70. The molecule has 0 spiro atoms. The van der Waals surface area contributed by atoms with Crippen LogP contribution in [0.4, 0.5) is 5.69 Å². The monoisotopic (exact) mass is 317 g/mol. The van der Waals surface area contributed by atoms with Crippen LogP contribution in [0.3, 0.4) is 0 Å². The van der Waals surface area contributed by atoms with Gasteiger partial charge in [0.25, 0.3) is 0 Å². The minimum absolute atomic E-state index is 0.455. The van der Waals surface area contributed by atoms with Gasteiger partial charge in [-0.15, -0.1) is 0 Å². The van der Waals surface area contributed by atoms with Crippen LogP contribution in [0, 0.1) is 0 Å². The normalized spacial score (nSPS) is 14.2. The Morgan fingerprint density at radius 3 is 2.00 bits per heavy atom. The maximum atomic E-state index is 6.48. The van der Waals surface area contributed by atoms with E-state index in [-0.39, 0.29) is 0 Å². The minimum atomic E-state index is -1.70. The van der Waals surface area contributed by atoms with Crippen LogP contribution in [0.15, 0.2) is 42.5 Å². The Hall–Kier alpha value is -1.32. The highest BCUT2D eigenvalue weighted by Crippen LogP contribution is 2.34. The number of hydrogen-bond donors (Lipinski definition) is 0. The highest BCUT2D eigenvalue weighted by atomic mass is 28.4. The average Bonchev–Trinajstić information content (AvgIpc) is 2.34. The van der Waals surface area contributed by atoms with Crippen molar-refractivity contribution >= 4 is 19.6 Å². The molecule has 0 saturated carbocycles. The van der Waals surface area contributed by atoms with Crippen molar-refractivity contribution in [2.24, 2.45) is 0 Å². The van der Waals surface area contributed by atoms with E-state index in [1.807, 2.05) is 14.1 Å². The molecule has 0 amide bonds. The predicted octanol–water partition coefficient (Wildman–Crippen LogP) is 5.34. The number of nitrogens with zero attached hydrogens (tertiary/aromatic N) is 1. The first-order valence-electron chi connectivity index (χ1n) is 7.78. The number of rotatable bonds is 6. The summed E-state index contributed by atoms with van der Waals surface area (Å²) in [5.41, 5.74) is 4.12. The summed E-state index contributed by atoms with van der Waals surface area (Å²) in [5, 5.41) is 0. The first-order chi connectivity index (χ1) is 9.94. The highest BCUT2D eigenvalue weighted by Gasteiger charge is 2.32.